The van der Waals surface area contributed by atoms with Crippen LogP contribution in [-0.4, -0.2) is 46.4 Å². The van der Waals surface area contributed by atoms with Crippen LogP contribution in [0.1, 0.15) is 32.6 Å². The first-order valence-electron chi connectivity index (χ1n) is 7.77. The molecule has 0 aliphatic carbocycles. The van der Waals surface area contributed by atoms with Gasteiger partial charge in [0.1, 0.15) is 6.10 Å². The monoisotopic (exact) mass is 303 g/mol. The minimum absolute atomic E-state index is 0.0130. The number of fused-ring (bicyclic) bond motifs is 2. The Morgan fingerprint density at radius 1 is 1.32 bits per heavy atom. The molecule has 1 aromatic heterocycles. The molecule has 2 aliphatic rings. The smallest absolute Gasteiger partial charge is 0.242 e. The lowest BCUT2D eigenvalue weighted by molar-refractivity contribution is -0.137. The second kappa shape index (κ2) is 6.34. The van der Waals surface area contributed by atoms with Gasteiger partial charge >= 0.3 is 0 Å². The van der Waals surface area contributed by atoms with E-state index in [2.05, 4.69) is 10.3 Å². The van der Waals surface area contributed by atoms with Crippen molar-refractivity contribution in [1.82, 2.24) is 15.2 Å². The number of piperidine rings is 1. The number of ether oxygens (including phenoxy) is 1. The van der Waals surface area contributed by atoms with Gasteiger partial charge in [0.15, 0.2) is 0 Å². The average Bonchev–Trinajstić information content (AvgIpc) is 2.77. The molecule has 2 saturated heterocycles. The highest BCUT2D eigenvalue weighted by molar-refractivity contribution is 5.84. The molecule has 6 heteroatoms. The van der Waals surface area contributed by atoms with E-state index < -0.39 is 0 Å². The van der Waals surface area contributed by atoms with Gasteiger partial charge < -0.3 is 15.0 Å². The Kier molecular flexibility index (Phi) is 4.27. The van der Waals surface area contributed by atoms with E-state index in [-0.39, 0.29) is 36.5 Å². The van der Waals surface area contributed by atoms with Crippen molar-refractivity contribution in [3.8, 4) is 5.88 Å². The van der Waals surface area contributed by atoms with Gasteiger partial charge in [0.25, 0.3) is 0 Å². The molecule has 2 bridgehead atoms. The molecule has 2 aliphatic heterocycles. The highest BCUT2D eigenvalue weighted by atomic mass is 16.5. The number of amides is 2. The van der Waals surface area contributed by atoms with Gasteiger partial charge in [0, 0.05) is 44.1 Å². The second-order valence-corrected chi connectivity index (χ2v) is 5.97. The summed E-state index contributed by atoms with van der Waals surface area (Å²) in [7, 11) is 0. The lowest BCUT2D eigenvalue weighted by atomic mass is 9.99. The van der Waals surface area contributed by atoms with Gasteiger partial charge in [0.05, 0.1) is 6.54 Å². The Morgan fingerprint density at radius 3 is 2.64 bits per heavy atom. The number of nitrogens with one attached hydrogen (secondary N) is 1. The molecule has 0 saturated carbocycles. The van der Waals surface area contributed by atoms with Gasteiger partial charge in [-0.2, -0.15) is 0 Å². The number of hydrogen-bond acceptors (Lipinski definition) is 4. The number of hydrogen-bond donors (Lipinski definition) is 1. The normalized spacial score (nSPS) is 26.6. The summed E-state index contributed by atoms with van der Waals surface area (Å²) in [4.78, 5) is 29.4. The van der Waals surface area contributed by atoms with Crippen molar-refractivity contribution in [3.63, 3.8) is 0 Å². The molecule has 2 atom stereocenters. The fraction of sp³-hybridized carbons (Fsp3) is 0.562. The zero-order valence-electron chi connectivity index (χ0n) is 12.7. The van der Waals surface area contributed by atoms with Crippen LogP contribution in [0.5, 0.6) is 5.88 Å². The van der Waals surface area contributed by atoms with Crippen LogP contribution >= 0.6 is 0 Å². The summed E-state index contributed by atoms with van der Waals surface area (Å²) in [6.45, 7) is 1.52. The quantitative estimate of drug-likeness (QED) is 0.905. The number of pyridine rings is 1. The molecule has 2 amide bonds. The second-order valence-electron chi connectivity index (χ2n) is 5.97. The van der Waals surface area contributed by atoms with E-state index in [0.29, 0.717) is 5.88 Å². The number of rotatable bonds is 4. The number of carbonyl (C=O) groups excluding carboxylic acids is 2. The molecule has 22 heavy (non-hydrogen) atoms. The van der Waals surface area contributed by atoms with Crippen LogP contribution in [0.2, 0.25) is 0 Å². The van der Waals surface area contributed by atoms with E-state index in [1.165, 1.54) is 6.92 Å². The molecule has 3 heterocycles. The molecule has 0 aromatic carbocycles. The topological polar surface area (TPSA) is 71.5 Å². The van der Waals surface area contributed by atoms with E-state index in [0.717, 1.165) is 25.7 Å². The Morgan fingerprint density at radius 2 is 2.05 bits per heavy atom. The molecule has 6 nitrogen and oxygen atoms in total. The van der Waals surface area contributed by atoms with Gasteiger partial charge in [-0.3, -0.25) is 9.59 Å². The maximum atomic E-state index is 12.3. The van der Waals surface area contributed by atoms with E-state index in [4.69, 9.17) is 4.74 Å². The summed E-state index contributed by atoms with van der Waals surface area (Å²) in [5, 5.41) is 2.59. The van der Waals surface area contributed by atoms with Crippen molar-refractivity contribution in [2.75, 3.05) is 6.54 Å². The first-order chi connectivity index (χ1) is 10.6. The fourth-order valence-corrected chi connectivity index (χ4v) is 3.51. The Hall–Kier alpha value is -2.11. The Labute approximate surface area is 129 Å². The number of nitrogens with zero attached hydrogens (tertiary/aromatic N) is 2. The lowest BCUT2D eigenvalue weighted by Crippen LogP contribution is -2.52. The van der Waals surface area contributed by atoms with Crippen LogP contribution in [0.3, 0.4) is 0 Å². The van der Waals surface area contributed by atoms with E-state index in [1.807, 2.05) is 23.1 Å². The summed E-state index contributed by atoms with van der Waals surface area (Å²) in [6.07, 6.45) is 5.52. The highest BCUT2D eigenvalue weighted by Crippen LogP contribution is 2.37. The third kappa shape index (κ3) is 3.21. The van der Waals surface area contributed by atoms with Crippen LogP contribution in [0, 0.1) is 0 Å². The third-order valence-corrected chi connectivity index (χ3v) is 4.39. The first-order valence-corrected chi connectivity index (χ1v) is 7.77. The van der Waals surface area contributed by atoms with Crippen LogP contribution in [0.4, 0.5) is 0 Å². The number of carbonyl (C=O) groups is 2. The zero-order valence-corrected chi connectivity index (χ0v) is 12.7. The Balaban J connectivity index is 1.59. The molecule has 1 N–H and O–H groups in total. The van der Waals surface area contributed by atoms with Crippen molar-refractivity contribution in [1.29, 1.82) is 0 Å². The molecule has 2 unspecified atom stereocenters. The van der Waals surface area contributed by atoms with Gasteiger partial charge in [-0.1, -0.05) is 6.07 Å². The first kappa shape index (κ1) is 14.8. The number of aromatic nitrogens is 1. The molecular formula is C16H21N3O3. The maximum Gasteiger partial charge on any atom is 0.242 e. The standard InChI is InChI=1S/C16H21N3O3/c1-11(20)18-10-16(21)19-12-5-6-13(19)9-14(8-12)22-15-4-2-3-7-17-15/h2-4,7,12-14H,5-6,8-10H2,1H3,(H,18,20). The zero-order chi connectivity index (χ0) is 15.5. The van der Waals surface area contributed by atoms with Crippen molar-refractivity contribution < 1.29 is 14.3 Å². The maximum absolute atomic E-state index is 12.3. The minimum Gasteiger partial charge on any atom is -0.474 e. The Bertz CT molecular complexity index is 535. The predicted octanol–water partition coefficient (Wildman–Crippen LogP) is 1.12. The van der Waals surface area contributed by atoms with E-state index >= 15 is 0 Å². The highest BCUT2D eigenvalue weighted by Gasteiger charge is 2.43. The van der Waals surface area contributed by atoms with E-state index in [9.17, 15) is 9.59 Å². The summed E-state index contributed by atoms with van der Waals surface area (Å²) in [6, 6.07) is 6.06. The summed E-state index contributed by atoms with van der Waals surface area (Å²) < 4.78 is 5.94. The predicted molar refractivity (Wildman–Crippen MR) is 80.2 cm³/mol. The molecule has 2 fully saturated rings. The minimum atomic E-state index is -0.172. The molecule has 1 aromatic rings. The summed E-state index contributed by atoms with van der Waals surface area (Å²) in [5.41, 5.74) is 0. The van der Waals surface area contributed by atoms with Crippen LogP contribution in [-0.2, 0) is 9.59 Å². The molecule has 118 valence electrons. The van der Waals surface area contributed by atoms with Crippen molar-refractivity contribution in [3.05, 3.63) is 24.4 Å². The SMILES string of the molecule is CC(=O)NCC(=O)N1C2CCC1CC(Oc1ccccn1)C2. The third-order valence-electron chi connectivity index (χ3n) is 4.39. The molecule has 3 rings (SSSR count). The molecular weight excluding hydrogens is 282 g/mol. The van der Waals surface area contributed by atoms with Gasteiger partial charge in [0.2, 0.25) is 17.7 Å². The largest absolute Gasteiger partial charge is 0.474 e. The molecule has 0 radical (unpaired) electrons. The van der Waals surface area contributed by atoms with Gasteiger partial charge in [-0.15, -0.1) is 0 Å². The van der Waals surface area contributed by atoms with Gasteiger partial charge in [-0.05, 0) is 18.9 Å². The van der Waals surface area contributed by atoms with E-state index in [1.54, 1.807) is 6.20 Å². The van der Waals surface area contributed by atoms with Crippen molar-refractivity contribution in [2.45, 2.75) is 50.8 Å². The fourth-order valence-electron chi connectivity index (χ4n) is 3.51. The summed E-state index contributed by atoms with van der Waals surface area (Å²) >= 11 is 0. The van der Waals surface area contributed by atoms with Crippen LogP contribution in [0.25, 0.3) is 0 Å². The van der Waals surface area contributed by atoms with Crippen LogP contribution in [0.15, 0.2) is 24.4 Å². The lowest BCUT2D eigenvalue weighted by Gasteiger charge is -2.38. The van der Waals surface area contributed by atoms with Crippen molar-refractivity contribution in [2.24, 2.45) is 0 Å². The summed E-state index contributed by atoms with van der Waals surface area (Å²) in [5.74, 6) is 0.484. The van der Waals surface area contributed by atoms with Crippen molar-refractivity contribution >= 4 is 11.8 Å². The van der Waals surface area contributed by atoms with Gasteiger partial charge in [-0.25, -0.2) is 4.98 Å². The van der Waals surface area contributed by atoms with Crippen LogP contribution < -0.4 is 10.1 Å². The molecule has 0 spiro atoms. The average molecular weight is 303 g/mol.